The molecule has 0 saturated heterocycles. The highest BCUT2D eigenvalue weighted by molar-refractivity contribution is 5.91. The summed E-state index contributed by atoms with van der Waals surface area (Å²) in [6.07, 6.45) is 0.676. The van der Waals surface area contributed by atoms with E-state index in [-0.39, 0.29) is 6.42 Å². The highest BCUT2D eigenvalue weighted by Gasteiger charge is 2.13. The van der Waals surface area contributed by atoms with Crippen LogP contribution in [0.15, 0.2) is 91.5 Å². The van der Waals surface area contributed by atoms with E-state index in [1.807, 2.05) is 0 Å². The normalized spacial score (nSPS) is 11.1. The average molecular weight is 517 g/mol. The Morgan fingerprint density at radius 3 is 2.13 bits per heavy atom. The molecule has 0 aliphatic carbocycles. The van der Waals surface area contributed by atoms with E-state index in [0.717, 1.165) is 5.56 Å². The fourth-order valence-corrected chi connectivity index (χ4v) is 3.16. The van der Waals surface area contributed by atoms with Crippen molar-refractivity contribution in [2.45, 2.75) is 33.0 Å². The van der Waals surface area contributed by atoms with Gasteiger partial charge in [-0.05, 0) is 92.1 Å². The van der Waals surface area contributed by atoms with Crippen molar-refractivity contribution in [1.82, 2.24) is 0 Å². The molecular weight excluding hydrogens is 488 g/mol. The molecule has 0 radical (unpaired) electrons. The first-order chi connectivity index (χ1) is 18.1. The molecule has 0 saturated carbocycles. The van der Waals surface area contributed by atoms with Crippen molar-refractivity contribution in [1.29, 1.82) is 0 Å². The van der Waals surface area contributed by atoms with Crippen molar-refractivity contribution >= 4 is 17.9 Å². The number of aliphatic hydroxyl groups is 1. The highest BCUT2D eigenvalue weighted by Crippen LogP contribution is 2.25. The van der Waals surface area contributed by atoms with E-state index in [2.05, 4.69) is 13.2 Å². The summed E-state index contributed by atoms with van der Waals surface area (Å²) in [5.74, 6) is -0.0685. The van der Waals surface area contributed by atoms with Gasteiger partial charge in [0.05, 0.1) is 5.56 Å². The van der Waals surface area contributed by atoms with Crippen LogP contribution in [0.3, 0.4) is 0 Å². The number of carbonyl (C=O) groups is 3. The topological polar surface area (TPSA) is 108 Å². The lowest BCUT2D eigenvalue weighted by Crippen LogP contribution is -2.12. The summed E-state index contributed by atoms with van der Waals surface area (Å²) in [6.45, 7) is 10.3. The molecule has 8 nitrogen and oxygen atoms in total. The van der Waals surface area contributed by atoms with Gasteiger partial charge in [0.25, 0.3) is 0 Å². The Balaban J connectivity index is 1.51. The quantitative estimate of drug-likeness (QED) is 0.123. The van der Waals surface area contributed by atoms with Crippen LogP contribution < -0.4 is 18.9 Å². The largest absolute Gasteiger partial charge is 0.461 e. The van der Waals surface area contributed by atoms with Crippen LogP contribution in [0.2, 0.25) is 0 Å². The second-order valence-corrected chi connectivity index (χ2v) is 8.37. The van der Waals surface area contributed by atoms with Gasteiger partial charge >= 0.3 is 17.9 Å². The van der Waals surface area contributed by atoms with E-state index >= 15 is 0 Å². The predicted molar refractivity (Wildman–Crippen MR) is 140 cm³/mol. The van der Waals surface area contributed by atoms with Gasteiger partial charge in [0.15, 0.2) is 0 Å². The molecule has 0 amide bonds. The molecule has 0 heterocycles. The van der Waals surface area contributed by atoms with Gasteiger partial charge < -0.3 is 24.1 Å². The fraction of sp³-hybridized carbons (Fsp3) is 0.167. The van der Waals surface area contributed by atoms with E-state index < -0.39 is 24.2 Å². The summed E-state index contributed by atoms with van der Waals surface area (Å²) in [4.78, 5) is 36.4. The smallest absolute Gasteiger partial charge is 0.343 e. The number of ether oxygens (including phenoxy) is 4. The van der Waals surface area contributed by atoms with Crippen molar-refractivity contribution in [3.8, 4) is 23.0 Å². The van der Waals surface area contributed by atoms with Crippen LogP contribution in [0.4, 0.5) is 0 Å². The van der Waals surface area contributed by atoms with Gasteiger partial charge in [0, 0.05) is 12.0 Å². The summed E-state index contributed by atoms with van der Waals surface area (Å²) >= 11 is 0. The van der Waals surface area contributed by atoms with Crippen molar-refractivity contribution in [2.75, 3.05) is 0 Å². The van der Waals surface area contributed by atoms with Crippen molar-refractivity contribution in [2.24, 2.45) is 0 Å². The number of aliphatic hydroxyl groups excluding tert-OH is 1. The van der Waals surface area contributed by atoms with Gasteiger partial charge in [0.2, 0.25) is 6.29 Å². The molecule has 0 bridgehead atoms. The number of hydrogen-bond acceptors (Lipinski definition) is 8. The molecule has 0 aliphatic heterocycles. The number of hydrogen-bond donors (Lipinski definition) is 1. The van der Waals surface area contributed by atoms with Gasteiger partial charge in [-0.25, -0.2) is 9.59 Å². The van der Waals surface area contributed by atoms with Crippen LogP contribution in [0.25, 0.3) is 0 Å². The van der Waals surface area contributed by atoms with E-state index in [4.69, 9.17) is 18.9 Å². The number of carbonyl (C=O) groups excluding carboxylic acids is 3. The van der Waals surface area contributed by atoms with Gasteiger partial charge in [-0.2, -0.15) is 0 Å². The Morgan fingerprint density at radius 1 is 0.895 bits per heavy atom. The van der Waals surface area contributed by atoms with Crippen LogP contribution in [0.1, 0.15) is 34.8 Å². The maximum absolute atomic E-state index is 12.5. The Kier molecular flexibility index (Phi) is 9.56. The fourth-order valence-electron chi connectivity index (χ4n) is 3.16. The molecule has 0 aromatic heterocycles. The Morgan fingerprint density at radius 2 is 1.53 bits per heavy atom. The minimum Gasteiger partial charge on any atom is -0.461 e. The van der Waals surface area contributed by atoms with Crippen molar-refractivity contribution < 1.29 is 38.4 Å². The number of aryl methyl sites for hydroxylation is 2. The first kappa shape index (κ1) is 27.9. The second-order valence-electron chi connectivity index (χ2n) is 8.37. The van der Waals surface area contributed by atoms with Gasteiger partial charge in [0.1, 0.15) is 23.0 Å². The number of benzene rings is 3. The summed E-state index contributed by atoms with van der Waals surface area (Å²) in [5.41, 5.74) is 2.10. The number of rotatable bonds is 11. The van der Waals surface area contributed by atoms with E-state index in [9.17, 15) is 19.5 Å². The summed E-state index contributed by atoms with van der Waals surface area (Å²) in [5, 5.41) is 9.44. The van der Waals surface area contributed by atoms with Gasteiger partial charge in [-0.15, -0.1) is 0 Å². The Labute approximate surface area is 220 Å². The van der Waals surface area contributed by atoms with E-state index in [0.29, 0.717) is 46.1 Å². The van der Waals surface area contributed by atoms with Gasteiger partial charge in [-0.1, -0.05) is 25.3 Å². The SMILES string of the molecule is C=CC(O)Oc1ccc(C(=O)Oc2ccc(OC(=O)CCc3ccc(OC(=O)C(=C)C)cc3)c(C)c2)cc1. The third kappa shape index (κ3) is 8.18. The predicted octanol–water partition coefficient (Wildman–Crippen LogP) is 5.12. The van der Waals surface area contributed by atoms with Crippen LogP contribution in [-0.2, 0) is 16.0 Å². The zero-order valence-corrected chi connectivity index (χ0v) is 21.1. The van der Waals surface area contributed by atoms with Crippen LogP contribution >= 0.6 is 0 Å². The van der Waals surface area contributed by atoms with Crippen molar-refractivity contribution in [3.63, 3.8) is 0 Å². The maximum atomic E-state index is 12.5. The summed E-state index contributed by atoms with van der Waals surface area (Å²) < 4.78 is 21.2. The number of esters is 3. The molecule has 0 fully saturated rings. The molecule has 1 atom stereocenters. The van der Waals surface area contributed by atoms with Crippen LogP contribution in [0.5, 0.6) is 23.0 Å². The zero-order chi connectivity index (χ0) is 27.7. The molecule has 0 spiro atoms. The molecule has 8 heteroatoms. The molecule has 1 unspecified atom stereocenters. The monoisotopic (exact) mass is 516 g/mol. The molecule has 3 rings (SSSR count). The molecule has 3 aromatic rings. The third-order valence-corrected chi connectivity index (χ3v) is 5.23. The van der Waals surface area contributed by atoms with Crippen molar-refractivity contribution in [3.05, 3.63) is 108 Å². The Hall–Kier alpha value is -4.69. The van der Waals surface area contributed by atoms with E-state index in [1.165, 1.54) is 36.4 Å². The first-order valence-electron chi connectivity index (χ1n) is 11.7. The van der Waals surface area contributed by atoms with E-state index in [1.54, 1.807) is 50.2 Å². The first-order valence-corrected chi connectivity index (χ1v) is 11.7. The lowest BCUT2D eigenvalue weighted by atomic mass is 10.1. The molecule has 38 heavy (non-hydrogen) atoms. The maximum Gasteiger partial charge on any atom is 0.343 e. The third-order valence-electron chi connectivity index (χ3n) is 5.23. The summed E-state index contributed by atoms with van der Waals surface area (Å²) in [6, 6.07) is 17.6. The Bertz CT molecular complexity index is 1320. The lowest BCUT2D eigenvalue weighted by molar-refractivity contribution is -0.134. The molecule has 3 aromatic carbocycles. The standard InChI is InChI=1S/C30H28O8/c1-5-27(31)35-23-13-9-22(10-14-23)30(34)37-25-15-16-26(20(4)18-25)38-28(32)17-8-21-6-11-24(12-7-21)36-29(33)19(2)3/h5-7,9-16,18,27,31H,1-2,8,17H2,3-4H3. The average Bonchev–Trinajstić information content (AvgIpc) is 2.90. The van der Waals surface area contributed by atoms with Crippen LogP contribution in [0, 0.1) is 6.92 Å². The zero-order valence-electron chi connectivity index (χ0n) is 21.1. The lowest BCUT2D eigenvalue weighted by Gasteiger charge is -2.11. The van der Waals surface area contributed by atoms with Gasteiger partial charge in [-0.3, -0.25) is 4.79 Å². The van der Waals surface area contributed by atoms with Crippen LogP contribution in [-0.4, -0.2) is 29.3 Å². The highest BCUT2D eigenvalue weighted by atomic mass is 16.6. The minimum absolute atomic E-state index is 0.143. The molecular formula is C30H28O8. The summed E-state index contributed by atoms with van der Waals surface area (Å²) in [7, 11) is 0. The molecule has 1 N–H and O–H groups in total. The second kappa shape index (κ2) is 13.0. The molecule has 0 aliphatic rings. The minimum atomic E-state index is -1.14. The molecule has 196 valence electrons.